The number of carbonyl (C=O) groups is 1. The number of ether oxygens (including phenoxy) is 4. The molecule has 0 bridgehead atoms. The summed E-state index contributed by atoms with van der Waals surface area (Å²) in [6.07, 6.45) is -10.6. The van der Waals surface area contributed by atoms with Crippen molar-refractivity contribution in [3.63, 3.8) is 0 Å². The normalized spacial score (nSPS) is 42.7. The molecule has 15 N–H and O–H groups in total. The van der Waals surface area contributed by atoms with E-state index in [0.29, 0.717) is 25.9 Å². The van der Waals surface area contributed by atoms with Crippen LogP contribution in [0.5, 0.6) is 0 Å². The van der Waals surface area contributed by atoms with Gasteiger partial charge in [-0.15, -0.1) is 0 Å². The molecule has 17 heteroatoms. The van der Waals surface area contributed by atoms with E-state index in [1.54, 1.807) is 14.0 Å². The summed E-state index contributed by atoms with van der Waals surface area (Å²) in [7, 11) is 1.55. The lowest BCUT2D eigenvalue weighted by Gasteiger charge is -2.49. The van der Waals surface area contributed by atoms with E-state index in [9.17, 15) is 35.4 Å². The number of likely N-dealkylation sites (N-methyl/N-ethyl adjacent to an activating group) is 1. The molecular weight excluding hydrogens is 572 g/mol. The molecular formula is C26H52N6O11. The van der Waals surface area contributed by atoms with Gasteiger partial charge in [-0.2, -0.15) is 0 Å². The summed E-state index contributed by atoms with van der Waals surface area (Å²) in [5.41, 5.74) is 16.7. The number of hydrogen-bond donors (Lipinski definition) is 12. The average Bonchev–Trinajstić information content (AvgIpc) is 2.94. The van der Waals surface area contributed by atoms with Crippen LogP contribution in [0.4, 0.5) is 0 Å². The average molecular weight is 625 g/mol. The third kappa shape index (κ3) is 9.21. The van der Waals surface area contributed by atoms with Crippen LogP contribution in [0.15, 0.2) is 0 Å². The minimum Gasteiger partial charge on any atom is -0.392 e. The highest BCUT2D eigenvalue weighted by Crippen LogP contribution is 2.32. The minimum atomic E-state index is -1.86. The molecule has 43 heavy (non-hydrogen) atoms. The number of carbonyl (C=O) groups excluding carboxylic acids is 1. The second-order valence-electron chi connectivity index (χ2n) is 12.1. The topological polar surface area (TPSA) is 290 Å². The van der Waals surface area contributed by atoms with Crippen molar-refractivity contribution >= 4 is 5.91 Å². The first kappa shape index (κ1) is 36.3. The van der Waals surface area contributed by atoms with Crippen molar-refractivity contribution in [2.24, 2.45) is 17.2 Å². The van der Waals surface area contributed by atoms with Crippen molar-refractivity contribution in [1.29, 1.82) is 0 Å². The fraction of sp³-hybridized carbons (Fsp3) is 0.962. The Morgan fingerprint density at radius 3 is 2.37 bits per heavy atom. The zero-order chi connectivity index (χ0) is 32.1. The molecule has 3 fully saturated rings. The Morgan fingerprint density at radius 2 is 1.74 bits per heavy atom. The van der Waals surface area contributed by atoms with Crippen molar-refractivity contribution in [2.75, 3.05) is 33.3 Å². The first-order valence-corrected chi connectivity index (χ1v) is 14.8. The van der Waals surface area contributed by atoms with Gasteiger partial charge in [-0.3, -0.25) is 4.79 Å². The highest BCUT2D eigenvalue weighted by atomic mass is 16.7. The summed E-state index contributed by atoms with van der Waals surface area (Å²) in [6.45, 7) is 3.39. The molecule has 0 spiro atoms. The van der Waals surface area contributed by atoms with Crippen molar-refractivity contribution in [3.05, 3.63) is 0 Å². The minimum absolute atomic E-state index is 0.0130. The summed E-state index contributed by atoms with van der Waals surface area (Å²) in [4.78, 5) is 12.7. The Labute approximate surface area is 251 Å². The number of hydrogen-bond acceptors (Lipinski definition) is 16. The molecule has 1 amide bonds. The molecule has 0 radical (unpaired) electrons. The van der Waals surface area contributed by atoms with Gasteiger partial charge in [0.15, 0.2) is 18.7 Å². The first-order valence-electron chi connectivity index (χ1n) is 14.8. The number of aliphatic hydroxyl groups is 6. The van der Waals surface area contributed by atoms with Crippen LogP contribution < -0.4 is 33.2 Å². The van der Waals surface area contributed by atoms with Gasteiger partial charge in [0.2, 0.25) is 0 Å². The van der Waals surface area contributed by atoms with E-state index in [1.807, 2.05) is 0 Å². The molecule has 1 aliphatic carbocycles. The molecule has 17 nitrogen and oxygen atoms in total. The summed E-state index contributed by atoms with van der Waals surface area (Å²) in [6, 6.07) is -3.28. The summed E-state index contributed by atoms with van der Waals surface area (Å²) in [5.74, 6) is -0.971. The molecule has 1 saturated carbocycles. The van der Waals surface area contributed by atoms with E-state index in [1.165, 1.54) is 6.92 Å². The summed E-state index contributed by atoms with van der Waals surface area (Å²) in [5, 5.41) is 71.2. The molecule has 252 valence electrons. The third-order valence-electron chi connectivity index (χ3n) is 8.25. The Bertz CT molecular complexity index is 875. The molecule has 2 aliphatic heterocycles. The number of nitrogens with one attached hydrogen (secondary N) is 3. The molecule has 0 aromatic rings. The SMILES string of the molecule is CN[C@@H]1[C@@H](O)[C@@H](O[C@@H]2[C@@H](O)[C@H](O[C@H]3O[C@H](CNCC(C)O)CC[C@H]3N)[C@@H](N)C[C@H]2NC(=O)[C@@H](O)[C@@H](O)CN)OC[C@]1(C)O. The van der Waals surface area contributed by atoms with Crippen LogP contribution in [0, 0.1) is 0 Å². The first-order chi connectivity index (χ1) is 20.2. The Morgan fingerprint density at radius 1 is 1.07 bits per heavy atom. The van der Waals surface area contributed by atoms with Crippen LogP contribution in [0.2, 0.25) is 0 Å². The van der Waals surface area contributed by atoms with Gasteiger partial charge in [0.25, 0.3) is 5.91 Å². The van der Waals surface area contributed by atoms with Crippen molar-refractivity contribution in [2.45, 2.75) is 124 Å². The smallest absolute Gasteiger partial charge is 0.251 e. The molecule has 3 rings (SSSR count). The fourth-order valence-electron chi connectivity index (χ4n) is 5.79. The van der Waals surface area contributed by atoms with Crippen LogP contribution in [-0.4, -0.2) is 161 Å². The molecule has 0 aromatic heterocycles. The van der Waals surface area contributed by atoms with E-state index in [4.69, 9.17) is 36.1 Å². The van der Waals surface area contributed by atoms with Gasteiger partial charge in [-0.25, -0.2) is 0 Å². The molecule has 2 heterocycles. The zero-order valence-corrected chi connectivity index (χ0v) is 25.0. The van der Waals surface area contributed by atoms with E-state index in [-0.39, 0.29) is 25.7 Å². The second kappa shape index (κ2) is 15.9. The predicted molar refractivity (Wildman–Crippen MR) is 151 cm³/mol. The van der Waals surface area contributed by atoms with Crippen LogP contribution >= 0.6 is 0 Å². The lowest BCUT2D eigenvalue weighted by molar-refractivity contribution is -0.307. The number of aliphatic hydroxyl groups excluding tert-OH is 5. The van der Waals surface area contributed by atoms with Gasteiger partial charge in [0, 0.05) is 25.7 Å². The van der Waals surface area contributed by atoms with Gasteiger partial charge >= 0.3 is 0 Å². The standard InChI is InChI=1S/C26H52N6O11/c1-11(33)8-31-9-12-4-5-13(28)24(41-12)42-20-14(29)6-15(32-23(38)17(35)16(34)7-27)21(18(20)36)43-25-19(37)22(30-3)26(2,39)10-40-25/h11-22,24-25,30-31,33-37,39H,4-10,27-29H2,1-3H3,(H,32,38)/t11?,12-,13+,14-,15+,16-,17-,18-,19+,20+,21-,22+,24+,25+,26-/m0/s1. The maximum Gasteiger partial charge on any atom is 0.251 e. The quantitative estimate of drug-likeness (QED) is 0.0907. The van der Waals surface area contributed by atoms with E-state index >= 15 is 0 Å². The Balaban J connectivity index is 1.79. The summed E-state index contributed by atoms with van der Waals surface area (Å²) >= 11 is 0. The van der Waals surface area contributed by atoms with Crippen LogP contribution in [0.1, 0.15) is 33.1 Å². The molecule has 3 aliphatic rings. The Kier molecular flexibility index (Phi) is 13.5. The van der Waals surface area contributed by atoms with Crippen molar-refractivity contribution < 1.29 is 54.4 Å². The molecule has 2 saturated heterocycles. The highest BCUT2D eigenvalue weighted by Gasteiger charge is 2.52. The predicted octanol–water partition coefficient (Wildman–Crippen LogP) is -6.13. The highest BCUT2D eigenvalue weighted by molar-refractivity contribution is 5.81. The number of rotatable bonds is 13. The number of nitrogens with two attached hydrogens (primary N) is 3. The lowest BCUT2D eigenvalue weighted by atomic mass is 9.83. The van der Waals surface area contributed by atoms with E-state index in [0.717, 1.165) is 0 Å². The van der Waals surface area contributed by atoms with Crippen molar-refractivity contribution in [3.8, 4) is 0 Å². The van der Waals surface area contributed by atoms with Gasteiger partial charge in [-0.1, -0.05) is 0 Å². The van der Waals surface area contributed by atoms with Gasteiger partial charge < -0.3 is 82.7 Å². The molecule has 15 atom stereocenters. The van der Waals surface area contributed by atoms with Crippen LogP contribution in [0.3, 0.4) is 0 Å². The number of amides is 1. The van der Waals surface area contributed by atoms with Gasteiger partial charge in [0.05, 0.1) is 36.9 Å². The fourth-order valence-corrected chi connectivity index (χ4v) is 5.79. The third-order valence-corrected chi connectivity index (χ3v) is 8.25. The largest absolute Gasteiger partial charge is 0.392 e. The van der Waals surface area contributed by atoms with Crippen molar-refractivity contribution in [1.82, 2.24) is 16.0 Å². The molecule has 1 unspecified atom stereocenters. The van der Waals surface area contributed by atoms with Gasteiger partial charge in [-0.05, 0) is 40.2 Å². The monoisotopic (exact) mass is 624 g/mol. The van der Waals surface area contributed by atoms with Gasteiger partial charge in [0.1, 0.15) is 36.1 Å². The Hall–Kier alpha value is -1.13. The maximum atomic E-state index is 12.7. The zero-order valence-electron chi connectivity index (χ0n) is 25.0. The lowest BCUT2D eigenvalue weighted by Crippen LogP contribution is -2.69. The van der Waals surface area contributed by atoms with E-state index < -0.39 is 91.0 Å². The summed E-state index contributed by atoms with van der Waals surface area (Å²) < 4.78 is 23.9. The molecule has 0 aromatic carbocycles. The van der Waals surface area contributed by atoms with Crippen LogP contribution in [0.25, 0.3) is 0 Å². The maximum absolute atomic E-state index is 12.7. The van der Waals surface area contributed by atoms with Crippen LogP contribution in [-0.2, 0) is 23.7 Å². The second-order valence-corrected chi connectivity index (χ2v) is 12.1. The van der Waals surface area contributed by atoms with E-state index in [2.05, 4.69) is 16.0 Å².